The highest BCUT2D eigenvalue weighted by atomic mass is 127. The van der Waals surface area contributed by atoms with Crippen molar-refractivity contribution in [1.82, 2.24) is 0 Å². The van der Waals surface area contributed by atoms with Crippen molar-refractivity contribution >= 4 is 34.2 Å². The fourth-order valence-corrected chi connectivity index (χ4v) is 1.97. The van der Waals surface area contributed by atoms with Crippen molar-refractivity contribution in [2.45, 2.75) is 19.8 Å². The Labute approximate surface area is 120 Å². The minimum atomic E-state index is 0.00487. The first kappa shape index (κ1) is 13.1. The molecule has 18 heavy (non-hydrogen) atoms. The third-order valence-electron chi connectivity index (χ3n) is 2.52. The van der Waals surface area contributed by atoms with Gasteiger partial charge in [0.2, 0.25) is 5.91 Å². The van der Waals surface area contributed by atoms with Crippen LogP contribution >= 0.6 is 22.6 Å². The number of hydrogen-bond acceptors (Lipinski definition) is 2. The molecule has 1 N–H and O–H groups in total. The van der Waals surface area contributed by atoms with Crippen LogP contribution in [0.25, 0.3) is 0 Å². The Morgan fingerprint density at radius 1 is 1.22 bits per heavy atom. The fraction of sp³-hybridized carbons (Fsp3) is 0.214. The number of amides is 1. The summed E-state index contributed by atoms with van der Waals surface area (Å²) in [5.41, 5.74) is 0.830. The number of carbonyl (C=O) groups is 1. The highest BCUT2D eigenvalue weighted by Crippen LogP contribution is 2.13. The van der Waals surface area contributed by atoms with Gasteiger partial charge >= 0.3 is 0 Å². The molecule has 0 saturated heterocycles. The molecule has 0 bridgehead atoms. The van der Waals surface area contributed by atoms with Crippen molar-refractivity contribution in [3.63, 3.8) is 0 Å². The van der Waals surface area contributed by atoms with Gasteiger partial charge in [-0.25, -0.2) is 0 Å². The smallest absolute Gasteiger partial charge is 0.224 e. The highest BCUT2D eigenvalue weighted by Gasteiger charge is 2.05. The molecule has 1 heterocycles. The Balaban J connectivity index is 1.83. The number of aryl methyl sites for hydroxylation is 2. The van der Waals surface area contributed by atoms with Crippen LogP contribution in [0.1, 0.15) is 17.9 Å². The van der Waals surface area contributed by atoms with Crippen LogP contribution in [-0.2, 0) is 11.2 Å². The molecule has 2 aromatic rings. The van der Waals surface area contributed by atoms with Gasteiger partial charge in [-0.2, -0.15) is 0 Å². The van der Waals surface area contributed by atoms with E-state index in [1.807, 2.05) is 43.3 Å². The molecule has 1 aromatic heterocycles. The number of furan rings is 1. The Bertz CT molecular complexity index is 531. The molecule has 1 amide bonds. The predicted octanol–water partition coefficient (Wildman–Crippen LogP) is 3.76. The van der Waals surface area contributed by atoms with E-state index in [2.05, 4.69) is 27.9 Å². The van der Waals surface area contributed by atoms with Gasteiger partial charge in [-0.15, -0.1) is 0 Å². The molecule has 0 aliphatic heterocycles. The molecule has 0 aliphatic rings. The molecule has 0 fully saturated rings. The SMILES string of the molecule is Cc1ccc(CCC(=O)Nc2ccc(I)cc2)o1. The van der Waals surface area contributed by atoms with Crippen LogP contribution in [0, 0.1) is 10.5 Å². The van der Waals surface area contributed by atoms with Crippen LogP contribution in [0.15, 0.2) is 40.8 Å². The first-order valence-electron chi connectivity index (χ1n) is 5.74. The second kappa shape index (κ2) is 6.04. The van der Waals surface area contributed by atoms with Gasteiger partial charge in [0.15, 0.2) is 0 Å². The first-order valence-corrected chi connectivity index (χ1v) is 6.82. The molecular formula is C14H14INO2. The third kappa shape index (κ3) is 3.87. The number of anilines is 1. The van der Waals surface area contributed by atoms with Crippen LogP contribution in [0.3, 0.4) is 0 Å². The Kier molecular flexibility index (Phi) is 4.41. The number of hydrogen-bond donors (Lipinski definition) is 1. The molecule has 4 heteroatoms. The van der Waals surface area contributed by atoms with Crippen molar-refractivity contribution in [2.75, 3.05) is 5.32 Å². The lowest BCUT2D eigenvalue weighted by molar-refractivity contribution is -0.116. The van der Waals surface area contributed by atoms with Gasteiger partial charge in [-0.1, -0.05) is 0 Å². The second-order valence-electron chi connectivity index (χ2n) is 4.07. The Hall–Kier alpha value is -1.30. The number of carbonyl (C=O) groups excluding carboxylic acids is 1. The Morgan fingerprint density at radius 2 is 1.94 bits per heavy atom. The quantitative estimate of drug-likeness (QED) is 0.849. The predicted molar refractivity (Wildman–Crippen MR) is 79.6 cm³/mol. The summed E-state index contributed by atoms with van der Waals surface area (Å²) in [5, 5.41) is 2.86. The van der Waals surface area contributed by atoms with E-state index in [1.54, 1.807) is 0 Å². The highest BCUT2D eigenvalue weighted by molar-refractivity contribution is 14.1. The molecule has 94 valence electrons. The van der Waals surface area contributed by atoms with Gasteiger partial charge in [-0.3, -0.25) is 4.79 Å². The van der Waals surface area contributed by atoms with Crippen LogP contribution in [0.5, 0.6) is 0 Å². The standard InChI is InChI=1S/C14H14INO2/c1-10-2-7-13(18-10)8-9-14(17)16-12-5-3-11(15)4-6-12/h2-7H,8-9H2,1H3,(H,16,17). The average molecular weight is 355 g/mol. The van der Waals surface area contributed by atoms with Crippen molar-refractivity contribution in [3.05, 3.63) is 51.5 Å². The summed E-state index contributed by atoms with van der Waals surface area (Å²) in [6, 6.07) is 11.5. The zero-order chi connectivity index (χ0) is 13.0. The van der Waals surface area contributed by atoms with Crippen LogP contribution in [-0.4, -0.2) is 5.91 Å². The van der Waals surface area contributed by atoms with E-state index in [4.69, 9.17) is 4.42 Å². The van der Waals surface area contributed by atoms with Gasteiger partial charge in [0.25, 0.3) is 0 Å². The third-order valence-corrected chi connectivity index (χ3v) is 3.24. The Morgan fingerprint density at radius 3 is 2.56 bits per heavy atom. The van der Waals surface area contributed by atoms with E-state index >= 15 is 0 Å². The van der Waals surface area contributed by atoms with Crippen molar-refractivity contribution in [2.24, 2.45) is 0 Å². The second-order valence-corrected chi connectivity index (χ2v) is 5.31. The summed E-state index contributed by atoms with van der Waals surface area (Å²) < 4.78 is 6.57. The van der Waals surface area contributed by atoms with Gasteiger partial charge < -0.3 is 9.73 Å². The largest absolute Gasteiger partial charge is 0.466 e. The summed E-state index contributed by atoms with van der Waals surface area (Å²) in [4.78, 5) is 11.7. The van der Waals surface area contributed by atoms with Crippen LogP contribution in [0.2, 0.25) is 0 Å². The van der Waals surface area contributed by atoms with Gasteiger partial charge in [0.05, 0.1) is 0 Å². The summed E-state index contributed by atoms with van der Waals surface area (Å²) in [6.45, 7) is 1.90. The lowest BCUT2D eigenvalue weighted by Crippen LogP contribution is -2.12. The van der Waals surface area contributed by atoms with Gasteiger partial charge in [-0.05, 0) is 65.9 Å². The molecule has 3 nitrogen and oxygen atoms in total. The normalized spacial score (nSPS) is 10.3. The fourth-order valence-electron chi connectivity index (χ4n) is 1.61. The zero-order valence-electron chi connectivity index (χ0n) is 10.1. The van der Waals surface area contributed by atoms with E-state index in [0.29, 0.717) is 12.8 Å². The van der Waals surface area contributed by atoms with Gasteiger partial charge in [0, 0.05) is 22.1 Å². The van der Waals surface area contributed by atoms with Crippen molar-refractivity contribution in [1.29, 1.82) is 0 Å². The number of halogens is 1. The van der Waals surface area contributed by atoms with Crippen LogP contribution < -0.4 is 5.32 Å². The topological polar surface area (TPSA) is 42.2 Å². The first-order chi connectivity index (χ1) is 8.63. The number of nitrogens with one attached hydrogen (secondary N) is 1. The maximum Gasteiger partial charge on any atom is 0.224 e. The molecule has 0 spiro atoms. The molecule has 0 saturated carbocycles. The average Bonchev–Trinajstić information content (AvgIpc) is 2.76. The molecule has 0 aliphatic carbocycles. The zero-order valence-corrected chi connectivity index (χ0v) is 12.2. The van der Waals surface area contributed by atoms with Crippen molar-refractivity contribution in [3.8, 4) is 0 Å². The summed E-state index contributed by atoms with van der Waals surface area (Å²) in [7, 11) is 0. The van der Waals surface area contributed by atoms with E-state index in [-0.39, 0.29) is 5.91 Å². The molecule has 0 unspecified atom stereocenters. The van der Waals surface area contributed by atoms with E-state index in [9.17, 15) is 4.79 Å². The van der Waals surface area contributed by atoms with E-state index < -0.39 is 0 Å². The number of benzene rings is 1. The minimum absolute atomic E-state index is 0.00487. The summed E-state index contributed by atoms with van der Waals surface area (Å²) in [6.07, 6.45) is 1.06. The maximum atomic E-state index is 11.7. The van der Waals surface area contributed by atoms with Crippen molar-refractivity contribution < 1.29 is 9.21 Å². The van der Waals surface area contributed by atoms with Crippen LogP contribution in [0.4, 0.5) is 5.69 Å². The lowest BCUT2D eigenvalue weighted by Gasteiger charge is -2.04. The molecule has 2 rings (SSSR count). The minimum Gasteiger partial charge on any atom is -0.466 e. The monoisotopic (exact) mass is 355 g/mol. The van der Waals surface area contributed by atoms with E-state index in [0.717, 1.165) is 20.8 Å². The summed E-state index contributed by atoms with van der Waals surface area (Å²) >= 11 is 2.23. The maximum absolute atomic E-state index is 11.7. The molecule has 0 radical (unpaired) electrons. The molecular weight excluding hydrogens is 341 g/mol. The molecule has 1 aromatic carbocycles. The number of rotatable bonds is 4. The molecule has 0 atom stereocenters. The lowest BCUT2D eigenvalue weighted by atomic mass is 10.2. The van der Waals surface area contributed by atoms with Gasteiger partial charge in [0.1, 0.15) is 11.5 Å². The van der Waals surface area contributed by atoms with E-state index in [1.165, 1.54) is 0 Å². The summed E-state index contributed by atoms with van der Waals surface area (Å²) in [5.74, 6) is 1.73.